The van der Waals surface area contributed by atoms with Gasteiger partial charge in [-0.1, -0.05) is 6.07 Å². The minimum Gasteiger partial charge on any atom is -0.364 e. The third-order valence-electron chi connectivity index (χ3n) is 3.55. The van der Waals surface area contributed by atoms with Crippen LogP contribution in [0.2, 0.25) is 0 Å². The van der Waals surface area contributed by atoms with Crippen molar-refractivity contribution in [2.75, 3.05) is 11.4 Å². The summed E-state index contributed by atoms with van der Waals surface area (Å²) >= 11 is 0. The zero-order chi connectivity index (χ0) is 13.4. The molecule has 0 radical (unpaired) electrons. The van der Waals surface area contributed by atoms with E-state index in [1.807, 2.05) is 22.6 Å². The normalized spacial score (nSPS) is 14.1. The number of imidazole rings is 1. The molecule has 1 aromatic heterocycles. The number of halogens is 1. The largest absolute Gasteiger partial charge is 0.364 e. The summed E-state index contributed by atoms with van der Waals surface area (Å²) < 4.78 is 15.7. The molecule has 0 unspecified atom stereocenters. The van der Waals surface area contributed by atoms with Crippen LogP contribution in [-0.2, 0) is 20.0 Å². The van der Waals surface area contributed by atoms with Gasteiger partial charge >= 0.3 is 0 Å². The molecule has 1 aliphatic rings. The highest BCUT2D eigenvalue weighted by Crippen LogP contribution is 2.27. The summed E-state index contributed by atoms with van der Waals surface area (Å²) in [7, 11) is 1.98. The lowest BCUT2D eigenvalue weighted by Crippen LogP contribution is -2.31. The number of hydrogen-bond donors (Lipinski definition) is 0. The van der Waals surface area contributed by atoms with Gasteiger partial charge in [0.1, 0.15) is 17.4 Å². The Morgan fingerprint density at radius 3 is 3.05 bits per heavy atom. The number of aryl methyl sites for hydroxylation is 1. The molecule has 5 heteroatoms. The van der Waals surface area contributed by atoms with Gasteiger partial charge in [-0.15, -0.1) is 0 Å². The molecule has 0 amide bonds. The molecule has 0 spiro atoms. The maximum absolute atomic E-state index is 13.6. The van der Waals surface area contributed by atoms with Gasteiger partial charge in [-0.2, -0.15) is 5.26 Å². The minimum atomic E-state index is -0.466. The minimum absolute atomic E-state index is 0.113. The van der Waals surface area contributed by atoms with Crippen molar-refractivity contribution in [2.45, 2.75) is 13.0 Å². The molecule has 1 aromatic carbocycles. The Balaban J connectivity index is 1.98. The van der Waals surface area contributed by atoms with Crippen molar-refractivity contribution in [1.29, 1.82) is 5.26 Å². The molecule has 0 fully saturated rings. The summed E-state index contributed by atoms with van der Waals surface area (Å²) in [6.45, 7) is 1.39. The molecule has 96 valence electrons. The van der Waals surface area contributed by atoms with Crippen molar-refractivity contribution in [3.8, 4) is 6.07 Å². The molecule has 0 saturated carbocycles. The number of rotatable bonds is 1. The van der Waals surface area contributed by atoms with Crippen LogP contribution in [-0.4, -0.2) is 16.1 Å². The predicted octanol–water partition coefficient (Wildman–Crippen LogP) is 1.99. The number of nitrogens with zero attached hydrogens (tertiary/aromatic N) is 4. The fourth-order valence-electron chi connectivity index (χ4n) is 2.55. The molecule has 1 aliphatic heterocycles. The van der Waals surface area contributed by atoms with Gasteiger partial charge in [-0.3, -0.25) is 0 Å². The number of anilines is 1. The molecule has 0 saturated heterocycles. The SMILES string of the molecule is Cn1cnc2c1CCN(c1cccc(F)c1C#N)C2. The van der Waals surface area contributed by atoms with Gasteiger partial charge in [0.25, 0.3) is 0 Å². The highest BCUT2D eigenvalue weighted by atomic mass is 19.1. The second-order valence-electron chi connectivity index (χ2n) is 4.67. The van der Waals surface area contributed by atoms with Gasteiger partial charge in [0.05, 0.1) is 24.3 Å². The summed E-state index contributed by atoms with van der Waals surface area (Å²) in [5.74, 6) is -0.466. The zero-order valence-electron chi connectivity index (χ0n) is 10.6. The standard InChI is InChI=1S/C14H13FN4/c1-18-9-17-12-8-19(6-5-14(12)18)13-4-2-3-11(15)10(13)7-16/h2-4,9H,5-6,8H2,1H3. The lowest BCUT2D eigenvalue weighted by molar-refractivity contribution is 0.619. The van der Waals surface area contributed by atoms with E-state index in [0.717, 1.165) is 18.7 Å². The van der Waals surface area contributed by atoms with E-state index in [0.29, 0.717) is 12.2 Å². The van der Waals surface area contributed by atoms with Gasteiger partial charge in [0, 0.05) is 25.7 Å². The van der Waals surface area contributed by atoms with Crippen molar-refractivity contribution in [1.82, 2.24) is 9.55 Å². The topological polar surface area (TPSA) is 44.9 Å². The van der Waals surface area contributed by atoms with Crippen molar-refractivity contribution in [2.24, 2.45) is 7.05 Å². The lowest BCUT2D eigenvalue weighted by Gasteiger charge is -2.29. The third-order valence-corrected chi connectivity index (χ3v) is 3.55. The number of fused-ring (bicyclic) bond motifs is 1. The molecular weight excluding hydrogens is 243 g/mol. The molecule has 2 heterocycles. The van der Waals surface area contributed by atoms with Gasteiger partial charge in [0.2, 0.25) is 0 Å². The number of nitriles is 1. The first-order chi connectivity index (χ1) is 9.20. The van der Waals surface area contributed by atoms with Crippen LogP contribution in [0.4, 0.5) is 10.1 Å². The molecular formula is C14H13FN4. The summed E-state index contributed by atoms with van der Waals surface area (Å²) in [5, 5.41) is 9.09. The first-order valence-electron chi connectivity index (χ1n) is 6.13. The Labute approximate surface area is 110 Å². The van der Waals surface area contributed by atoms with E-state index >= 15 is 0 Å². The first kappa shape index (κ1) is 11.7. The summed E-state index contributed by atoms with van der Waals surface area (Å²) in [4.78, 5) is 6.37. The molecule has 19 heavy (non-hydrogen) atoms. The number of benzene rings is 1. The van der Waals surface area contributed by atoms with Crippen LogP contribution >= 0.6 is 0 Å². The van der Waals surface area contributed by atoms with Crippen LogP contribution in [0.5, 0.6) is 0 Å². The van der Waals surface area contributed by atoms with Crippen LogP contribution < -0.4 is 4.90 Å². The van der Waals surface area contributed by atoms with E-state index in [-0.39, 0.29) is 5.56 Å². The van der Waals surface area contributed by atoms with E-state index in [1.54, 1.807) is 18.5 Å². The van der Waals surface area contributed by atoms with Crippen molar-refractivity contribution < 1.29 is 4.39 Å². The van der Waals surface area contributed by atoms with Gasteiger partial charge in [-0.05, 0) is 12.1 Å². The molecule has 0 N–H and O–H groups in total. The number of aromatic nitrogens is 2. The quantitative estimate of drug-likeness (QED) is 0.783. The fourth-order valence-corrected chi connectivity index (χ4v) is 2.55. The van der Waals surface area contributed by atoms with Crippen LogP contribution in [0.1, 0.15) is 17.0 Å². The summed E-state index contributed by atoms with van der Waals surface area (Å²) in [6, 6.07) is 6.69. The van der Waals surface area contributed by atoms with Crippen LogP contribution in [0.3, 0.4) is 0 Å². The lowest BCUT2D eigenvalue weighted by atomic mass is 10.1. The third kappa shape index (κ3) is 1.85. The van der Waals surface area contributed by atoms with Crippen LogP contribution in [0.25, 0.3) is 0 Å². The number of hydrogen-bond acceptors (Lipinski definition) is 3. The van der Waals surface area contributed by atoms with E-state index in [9.17, 15) is 4.39 Å². The molecule has 0 atom stereocenters. The van der Waals surface area contributed by atoms with Gasteiger partial charge < -0.3 is 9.47 Å². The predicted molar refractivity (Wildman–Crippen MR) is 69.1 cm³/mol. The second-order valence-corrected chi connectivity index (χ2v) is 4.67. The Morgan fingerprint density at radius 2 is 2.26 bits per heavy atom. The van der Waals surface area contributed by atoms with Crippen LogP contribution in [0, 0.1) is 17.1 Å². The Bertz CT molecular complexity index is 669. The smallest absolute Gasteiger partial charge is 0.143 e. The molecule has 0 aliphatic carbocycles. The summed E-state index contributed by atoms with van der Waals surface area (Å²) in [6.07, 6.45) is 2.65. The van der Waals surface area contributed by atoms with Crippen molar-refractivity contribution in [3.63, 3.8) is 0 Å². The van der Waals surface area contributed by atoms with E-state index in [4.69, 9.17) is 5.26 Å². The van der Waals surface area contributed by atoms with E-state index in [1.165, 1.54) is 11.8 Å². The van der Waals surface area contributed by atoms with E-state index in [2.05, 4.69) is 4.98 Å². The van der Waals surface area contributed by atoms with E-state index < -0.39 is 5.82 Å². The van der Waals surface area contributed by atoms with Crippen molar-refractivity contribution in [3.05, 3.63) is 47.3 Å². The highest BCUT2D eigenvalue weighted by molar-refractivity contribution is 5.60. The van der Waals surface area contributed by atoms with Gasteiger partial charge in [0.15, 0.2) is 0 Å². The Morgan fingerprint density at radius 1 is 1.42 bits per heavy atom. The second kappa shape index (κ2) is 4.39. The Kier molecular flexibility index (Phi) is 2.71. The van der Waals surface area contributed by atoms with Gasteiger partial charge in [-0.25, -0.2) is 9.37 Å². The summed E-state index contributed by atoms with van der Waals surface area (Å²) in [5.41, 5.74) is 2.98. The average molecular weight is 256 g/mol. The zero-order valence-corrected chi connectivity index (χ0v) is 10.6. The maximum Gasteiger partial charge on any atom is 0.143 e. The van der Waals surface area contributed by atoms with Crippen molar-refractivity contribution >= 4 is 5.69 Å². The fraction of sp³-hybridized carbons (Fsp3) is 0.286. The molecule has 0 bridgehead atoms. The maximum atomic E-state index is 13.6. The monoisotopic (exact) mass is 256 g/mol. The first-order valence-corrected chi connectivity index (χ1v) is 6.13. The Hall–Kier alpha value is -2.35. The molecule has 4 nitrogen and oxygen atoms in total. The highest BCUT2D eigenvalue weighted by Gasteiger charge is 2.22. The molecule has 3 rings (SSSR count). The molecule has 2 aromatic rings. The average Bonchev–Trinajstić information content (AvgIpc) is 2.79. The van der Waals surface area contributed by atoms with Crippen LogP contribution in [0.15, 0.2) is 24.5 Å².